The van der Waals surface area contributed by atoms with Gasteiger partial charge in [0.2, 0.25) is 0 Å². The van der Waals surface area contributed by atoms with Gasteiger partial charge in [-0.2, -0.15) is 18.3 Å². The Morgan fingerprint density at radius 1 is 1.50 bits per heavy atom. The predicted octanol–water partition coefficient (Wildman–Crippen LogP) is 0.562. The van der Waals surface area contributed by atoms with Gasteiger partial charge in [-0.1, -0.05) is 6.92 Å². The number of nitrogens with two attached hydrogens (primary N) is 1. The number of hydrogen-bond donors (Lipinski definition) is 2. The van der Waals surface area contributed by atoms with E-state index >= 15 is 0 Å². The quantitative estimate of drug-likeness (QED) is 0.831. The third kappa shape index (κ3) is 3.62. The van der Waals surface area contributed by atoms with Crippen molar-refractivity contribution in [2.45, 2.75) is 19.5 Å². The smallest absolute Gasteiger partial charge is 0.395 e. The van der Waals surface area contributed by atoms with Crippen molar-refractivity contribution >= 4 is 11.6 Å². The molecule has 0 saturated heterocycles. The molecule has 9 heteroatoms. The molecule has 3 N–H and O–H groups in total. The number of rotatable bonds is 5. The number of nitrogen functional groups attached to an aromatic ring is 1. The lowest BCUT2D eigenvalue weighted by Crippen LogP contribution is -2.41. The van der Waals surface area contributed by atoms with E-state index in [9.17, 15) is 18.0 Å². The number of aryl methyl sites for hydroxylation is 2. The van der Waals surface area contributed by atoms with Gasteiger partial charge in [-0.15, -0.1) is 0 Å². The highest BCUT2D eigenvalue weighted by molar-refractivity contribution is 5.98. The summed E-state index contributed by atoms with van der Waals surface area (Å²) in [6.07, 6.45) is -4.09. The second-order valence-electron chi connectivity index (χ2n) is 4.25. The summed E-state index contributed by atoms with van der Waals surface area (Å²) in [7, 11) is 1.44. The largest absolute Gasteiger partial charge is 0.406 e. The molecular formula is C11H17F3N4O2. The van der Waals surface area contributed by atoms with Crippen LogP contribution in [0.3, 0.4) is 0 Å². The van der Waals surface area contributed by atoms with Crippen molar-refractivity contribution in [2.24, 2.45) is 7.05 Å². The highest BCUT2D eigenvalue weighted by atomic mass is 19.4. The highest BCUT2D eigenvalue weighted by Gasteiger charge is 2.34. The van der Waals surface area contributed by atoms with Gasteiger partial charge < -0.3 is 15.7 Å². The Kier molecular flexibility index (Phi) is 4.98. The Morgan fingerprint density at radius 2 is 2.10 bits per heavy atom. The van der Waals surface area contributed by atoms with Crippen LogP contribution in [-0.2, 0) is 13.5 Å². The second kappa shape index (κ2) is 6.12. The summed E-state index contributed by atoms with van der Waals surface area (Å²) in [5.74, 6) is -0.899. The van der Waals surface area contributed by atoms with Crippen LogP contribution in [0, 0.1) is 0 Å². The van der Waals surface area contributed by atoms with Crippen molar-refractivity contribution in [2.75, 3.05) is 25.4 Å². The first kappa shape index (κ1) is 16.3. The van der Waals surface area contributed by atoms with Gasteiger partial charge >= 0.3 is 6.18 Å². The van der Waals surface area contributed by atoms with Gasteiger partial charge in [0.05, 0.1) is 18.0 Å². The Labute approximate surface area is 114 Å². The number of anilines is 1. The van der Waals surface area contributed by atoms with Gasteiger partial charge in [-0.05, 0) is 6.42 Å². The van der Waals surface area contributed by atoms with Gasteiger partial charge in [-0.3, -0.25) is 9.48 Å². The Bertz CT molecular complexity index is 485. The molecule has 1 heterocycles. The molecule has 0 unspecified atom stereocenters. The summed E-state index contributed by atoms with van der Waals surface area (Å²) in [4.78, 5) is 12.7. The van der Waals surface area contributed by atoms with Crippen LogP contribution in [0.25, 0.3) is 0 Å². The predicted molar refractivity (Wildman–Crippen MR) is 66.0 cm³/mol. The molecule has 0 aromatic carbocycles. The number of nitrogens with zero attached hydrogens (tertiary/aromatic N) is 3. The lowest BCUT2D eigenvalue weighted by atomic mass is 10.2. The maximum absolute atomic E-state index is 12.4. The van der Waals surface area contributed by atoms with Crippen molar-refractivity contribution in [3.8, 4) is 0 Å². The monoisotopic (exact) mass is 294 g/mol. The molecule has 0 atom stereocenters. The van der Waals surface area contributed by atoms with E-state index in [1.54, 1.807) is 6.92 Å². The van der Waals surface area contributed by atoms with Gasteiger partial charge in [0.1, 0.15) is 12.2 Å². The zero-order chi connectivity index (χ0) is 15.5. The van der Waals surface area contributed by atoms with Crippen LogP contribution in [0.5, 0.6) is 0 Å². The maximum Gasteiger partial charge on any atom is 0.406 e. The number of alkyl halides is 3. The summed E-state index contributed by atoms with van der Waals surface area (Å²) < 4.78 is 38.5. The molecule has 6 nitrogen and oxygen atoms in total. The second-order valence-corrected chi connectivity index (χ2v) is 4.25. The molecule has 1 rings (SSSR count). The van der Waals surface area contributed by atoms with Crippen LogP contribution in [0.2, 0.25) is 0 Å². The number of aliphatic hydroxyl groups excluding tert-OH is 1. The molecule has 0 fully saturated rings. The Morgan fingerprint density at radius 3 is 2.50 bits per heavy atom. The molecule has 1 aromatic rings. The standard InChI is InChI=1S/C11H17F3N4O2/c1-3-7-8(15)9(17(2)16-7)10(20)18(4-5-19)6-11(12,13)14/h19H,3-6,15H2,1-2H3. The van der Waals surface area contributed by atoms with E-state index in [1.807, 2.05) is 0 Å². The Hall–Kier alpha value is -1.77. The summed E-state index contributed by atoms with van der Waals surface area (Å²) >= 11 is 0. The van der Waals surface area contributed by atoms with Crippen LogP contribution >= 0.6 is 0 Å². The number of aliphatic hydroxyl groups is 1. The fourth-order valence-electron chi connectivity index (χ4n) is 1.85. The number of amides is 1. The van der Waals surface area contributed by atoms with Crippen LogP contribution in [-0.4, -0.2) is 51.6 Å². The fraction of sp³-hybridized carbons (Fsp3) is 0.636. The van der Waals surface area contributed by atoms with Gasteiger partial charge in [0.25, 0.3) is 5.91 Å². The first-order valence-corrected chi connectivity index (χ1v) is 5.99. The number of aromatic nitrogens is 2. The van der Waals surface area contributed by atoms with E-state index < -0.39 is 31.8 Å². The highest BCUT2D eigenvalue weighted by Crippen LogP contribution is 2.22. The average Bonchev–Trinajstić information content (AvgIpc) is 2.61. The van der Waals surface area contributed by atoms with E-state index in [1.165, 1.54) is 7.05 Å². The number of halogens is 3. The van der Waals surface area contributed by atoms with Crippen molar-refractivity contribution in [1.29, 1.82) is 0 Å². The molecule has 1 amide bonds. The lowest BCUT2D eigenvalue weighted by molar-refractivity contribution is -0.141. The first-order chi connectivity index (χ1) is 9.21. The van der Waals surface area contributed by atoms with Crippen molar-refractivity contribution < 1.29 is 23.1 Å². The van der Waals surface area contributed by atoms with Crippen LogP contribution in [0.15, 0.2) is 0 Å². The van der Waals surface area contributed by atoms with Crippen LogP contribution in [0.4, 0.5) is 18.9 Å². The van der Waals surface area contributed by atoms with Crippen LogP contribution in [0.1, 0.15) is 23.1 Å². The topological polar surface area (TPSA) is 84.4 Å². The molecule has 0 spiro atoms. The molecule has 0 aliphatic carbocycles. The number of hydrogen-bond acceptors (Lipinski definition) is 4. The van der Waals surface area contributed by atoms with E-state index in [0.717, 1.165) is 4.68 Å². The molecule has 0 bridgehead atoms. The van der Waals surface area contributed by atoms with E-state index in [2.05, 4.69) is 5.10 Å². The molecule has 1 aromatic heterocycles. The van der Waals surface area contributed by atoms with Gasteiger partial charge in [0, 0.05) is 13.6 Å². The summed E-state index contributed by atoms with van der Waals surface area (Å²) in [6.45, 7) is -0.669. The van der Waals surface area contributed by atoms with Crippen molar-refractivity contribution in [3.05, 3.63) is 11.4 Å². The first-order valence-electron chi connectivity index (χ1n) is 5.99. The summed E-state index contributed by atoms with van der Waals surface area (Å²) in [5, 5.41) is 12.8. The minimum atomic E-state index is -4.55. The van der Waals surface area contributed by atoms with E-state index in [-0.39, 0.29) is 11.4 Å². The van der Waals surface area contributed by atoms with Crippen molar-refractivity contribution in [1.82, 2.24) is 14.7 Å². The average molecular weight is 294 g/mol. The molecule has 0 radical (unpaired) electrons. The maximum atomic E-state index is 12.4. The Balaban J connectivity index is 3.09. The minimum absolute atomic E-state index is 0.0742. The van der Waals surface area contributed by atoms with Crippen molar-refractivity contribution in [3.63, 3.8) is 0 Å². The number of carbonyl (C=O) groups excluding carboxylic acids is 1. The van der Waals surface area contributed by atoms with Crippen LogP contribution < -0.4 is 5.73 Å². The molecule has 20 heavy (non-hydrogen) atoms. The lowest BCUT2D eigenvalue weighted by Gasteiger charge is -2.23. The molecule has 114 valence electrons. The molecular weight excluding hydrogens is 277 g/mol. The fourth-order valence-corrected chi connectivity index (χ4v) is 1.85. The third-order valence-corrected chi connectivity index (χ3v) is 2.73. The summed E-state index contributed by atoms with van der Waals surface area (Å²) in [5.41, 5.74) is 6.17. The SMILES string of the molecule is CCc1nn(C)c(C(=O)N(CCO)CC(F)(F)F)c1N. The van der Waals surface area contributed by atoms with Gasteiger partial charge in [0.15, 0.2) is 0 Å². The van der Waals surface area contributed by atoms with Gasteiger partial charge in [-0.25, -0.2) is 0 Å². The molecule has 0 aliphatic rings. The van der Waals surface area contributed by atoms with E-state index in [0.29, 0.717) is 17.0 Å². The zero-order valence-corrected chi connectivity index (χ0v) is 11.2. The number of carbonyl (C=O) groups is 1. The normalized spacial score (nSPS) is 11.7. The molecule has 0 aliphatic heterocycles. The minimum Gasteiger partial charge on any atom is -0.395 e. The molecule has 0 saturated carbocycles. The zero-order valence-electron chi connectivity index (χ0n) is 11.2. The third-order valence-electron chi connectivity index (χ3n) is 2.73. The van der Waals surface area contributed by atoms with E-state index in [4.69, 9.17) is 10.8 Å². The summed E-state index contributed by atoms with van der Waals surface area (Å²) in [6, 6.07) is 0.